The molecule has 0 spiro atoms. The minimum atomic E-state index is -5.07. The highest BCUT2D eigenvalue weighted by molar-refractivity contribution is 7.71. The van der Waals surface area contributed by atoms with Crippen LogP contribution in [0.1, 0.15) is 43.3 Å². The highest BCUT2D eigenvalue weighted by Gasteiger charge is 2.49. The number of pyridine rings is 1. The van der Waals surface area contributed by atoms with Gasteiger partial charge in [-0.25, -0.2) is 4.98 Å². The number of para-hydroxylation sites is 1. The molecule has 1 fully saturated rings. The summed E-state index contributed by atoms with van der Waals surface area (Å²) in [5, 5.41) is 6.58. The van der Waals surface area contributed by atoms with E-state index in [0.29, 0.717) is 24.5 Å². The number of piperidine rings is 1. The lowest BCUT2D eigenvalue weighted by molar-refractivity contribution is -0.171. The number of rotatable bonds is 7. The van der Waals surface area contributed by atoms with Gasteiger partial charge in [-0.2, -0.15) is 13.2 Å². The summed E-state index contributed by atoms with van der Waals surface area (Å²) in [5.74, 6) is -1.52. The first-order valence-corrected chi connectivity index (χ1v) is 13.8. The third kappa shape index (κ3) is 6.28. The molecule has 0 bridgehead atoms. The minimum Gasteiger partial charge on any atom is -0.489 e. The van der Waals surface area contributed by atoms with E-state index in [-0.39, 0.29) is 29.7 Å². The second-order valence-electron chi connectivity index (χ2n) is 10.5. The van der Waals surface area contributed by atoms with Gasteiger partial charge in [0.1, 0.15) is 18.2 Å². The van der Waals surface area contributed by atoms with Crippen molar-refractivity contribution in [1.82, 2.24) is 25.1 Å². The lowest BCUT2D eigenvalue weighted by Crippen LogP contribution is -2.58. The Morgan fingerprint density at radius 3 is 2.54 bits per heavy atom. The van der Waals surface area contributed by atoms with Crippen molar-refractivity contribution >= 4 is 34.7 Å². The van der Waals surface area contributed by atoms with Gasteiger partial charge in [-0.3, -0.25) is 29.8 Å². The fourth-order valence-electron chi connectivity index (χ4n) is 5.44. The van der Waals surface area contributed by atoms with E-state index in [1.807, 2.05) is 51.1 Å². The van der Waals surface area contributed by atoms with Gasteiger partial charge in [0.05, 0.1) is 11.6 Å². The maximum atomic E-state index is 14.0. The first-order chi connectivity index (χ1) is 19.5. The smallest absolute Gasteiger partial charge is 0.471 e. The molecule has 1 saturated heterocycles. The summed E-state index contributed by atoms with van der Waals surface area (Å²) < 4.78 is 48.2. The van der Waals surface area contributed by atoms with Gasteiger partial charge in [0, 0.05) is 40.8 Å². The molecule has 2 aromatic carbocycles. The van der Waals surface area contributed by atoms with Crippen LogP contribution in [-0.2, 0) is 11.4 Å². The number of aromatic amines is 2. The first kappa shape index (κ1) is 28.7. The number of alkyl halides is 3. The normalized spacial score (nSPS) is 18.1. The number of likely N-dealkylation sites (tertiary alicyclic amines) is 1. The van der Waals surface area contributed by atoms with Gasteiger partial charge < -0.3 is 4.74 Å². The monoisotopic (exact) mass is 584 g/mol. The van der Waals surface area contributed by atoms with Crippen molar-refractivity contribution in [3.63, 3.8) is 0 Å². The van der Waals surface area contributed by atoms with Crippen LogP contribution in [0.25, 0.3) is 10.9 Å². The fraction of sp³-hybridized carbons (Fsp3) is 0.379. The molecule has 1 aliphatic heterocycles. The van der Waals surface area contributed by atoms with E-state index in [4.69, 9.17) is 17.0 Å². The van der Waals surface area contributed by atoms with E-state index in [1.54, 1.807) is 12.1 Å². The molecule has 2 N–H and O–H groups in total. The molecule has 8 nitrogen and oxygen atoms in total. The molecule has 12 heteroatoms. The number of aromatic nitrogens is 4. The molecule has 0 saturated carbocycles. The molecule has 0 aliphatic carbocycles. The van der Waals surface area contributed by atoms with E-state index in [0.717, 1.165) is 27.1 Å². The van der Waals surface area contributed by atoms with Crippen LogP contribution >= 0.6 is 12.2 Å². The number of ether oxygens (including phenoxy) is 1. The third-order valence-corrected chi connectivity index (χ3v) is 7.64. The van der Waals surface area contributed by atoms with Gasteiger partial charge in [0.25, 0.3) is 0 Å². The van der Waals surface area contributed by atoms with Crippen LogP contribution in [0, 0.1) is 11.7 Å². The lowest BCUT2D eigenvalue weighted by Gasteiger charge is -2.44. The molecule has 216 valence electrons. The number of benzene rings is 2. The van der Waals surface area contributed by atoms with Crippen LogP contribution in [0.3, 0.4) is 0 Å². The van der Waals surface area contributed by atoms with Gasteiger partial charge in [0.15, 0.2) is 0 Å². The molecule has 2 aromatic heterocycles. The Morgan fingerprint density at radius 2 is 1.88 bits per heavy atom. The second-order valence-corrected chi connectivity index (χ2v) is 10.9. The van der Waals surface area contributed by atoms with Crippen LogP contribution in [0.5, 0.6) is 5.75 Å². The lowest BCUT2D eigenvalue weighted by atomic mass is 9.88. The van der Waals surface area contributed by atoms with Gasteiger partial charge in [0.2, 0.25) is 4.77 Å². The van der Waals surface area contributed by atoms with Gasteiger partial charge in [-0.1, -0.05) is 18.2 Å². The van der Waals surface area contributed by atoms with Crippen molar-refractivity contribution in [1.29, 1.82) is 0 Å². The summed E-state index contributed by atoms with van der Waals surface area (Å²) >= 11 is 5.10. The average Bonchev–Trinajstić information content (AvgIpc) is 3.37. The molecule has 5 rings (SSSR count). The zero-order valence-electron chi connectivity index (χ0n) is 22.9. The number of nitrogens with one attached hydrogen (secondary N) is 2. The maximum absolute atomic E-state index is 14.0. The number of H-pyrrole nitrogens is 2. The molecule has 2 atom stereocenters. The predicted octanol–water partition coefficient (Wildman–Crippen LogP) is 6.06. The predicted molar refractivity (Wildman–Crippen MR) is 152 cm³/mol. The van der Waals surface area contributed by atoms with Crippen molar-refractivity contribution in [2.24, 2.45) is 0 Å². The molecule has 2 unspecified atom stereocenters. The minimum absolute atomic E-state index is 0.0858. The number of carbonyl (C=O) groups excluding carboxylic acids is 1. The Morgan fingerprint density at radius 1 is 1.15 bits per heavy atom. The Labute approximate surface area is 240 Å². The van der Waals surface area contributed by atoms with E-state index in [9.17, 15) is 18.0 Å². The summed E-state index contributed by atoms with van der Waals surface area (Å²) in [5.41, 5.74) is 2.78. The molecular formula is C29H31F3N6O2S. The van der Waals surface area contributed by atoms with Crippen LogP contribution in [0.2, 0.25) is 0 Å². The summed E-state index contributed by atoms with van der Waals surface area (Å²) in [6.45, 7) is 7.01. The average molecular weight is 585 g/mol. The summed E-state index contributed by atoms with van der Waals surface area (Å²) in [6, 6.07) is 15.1. The van der Waals surface area contributed by atoms with Crippen LogP contribution in [0.15, 0.2) is 54.6 Å². The number of nitrogens with zero attached hydrogens (tertiary/aromatic N) is 4. The SMILES string of the molecule is Cc1cc(COc2ccc(N(C(=O)C(F)(F)F)C3CN(C(C)C)CCC3c3nc(=S)[nH][nH]3)cc2)c2ccccc2n1. The summed E-state index contributed by atoms with van der Waals surface area (Å²) in [4.78, 5) is 24.7. The highest BCUT2D eigenvalue weighted by Crippen LogP contribution is 2.36. The number of fused-ring (bicyclic) bond motifs is 1. The number of aryl methyl sites for hydroxylation is 1. The van der Waals surface area contributed by atoms with Crippen LogP contribution < -0.4 is 9.64 Å². The number of anilines is 1. The van der Waals surface area contributed by atoms with Crippen molar-refractivity contribution < 1.29 is 22.7 Å². The zero-order chi connectivity index (χ0) is 29.3. The van der Waals surface area contributed by atoms with Crippen LogP contribution in [-0.4, -0.2) is 62.3 Å². The standard InChI is InChI=1S/C29H31F3N6O2S/c1-17(2)37-13-12-23(26-34-28(41)36-35-26)25(15-37)38(27(39)29(30,31)32)20-8-10-21(11-9-20)40-16-19-14-18(3)33-24-7-5-4-6-22(19)24/h4-11,14,17,23,25H,12-13,15-16H2,1-3H3,(H2,34,35,36,41). The Balaban J connectivity index is 1.45. The number of hydrogen-bond donors (Lipinski definition) is 2. The third-order valence-electron chi connectivity index (χ3n) is 7.45. The molecule has 3 heterocycles. The summed E-state index contributed by atoms with van der Waals surface area (Å²) in [7, 11) is 0. The number of halogens is 3. The maximum Gasteiger partial charge on any atom is 0.471 e. The second kappa shape index (κ2) is 11.6. The van der Waals surface area contributed by atoms with E-state index < -0.39 is 24.0 Å². The largest absolute Gasteiger partial charge is 0.489 e. The number of amides is 1. The molecule has 1 aliphatic rings. The topological polar surface area (TPSA) is 90.1 Å². The Bertz CT molecular complexity index is 1580. The molecule has 4 aromatic rings. The fourth-order valence-corrected chi connectivity index (χ4v) is 5.59. The summed E-state index contributed by atoms with van der Waals surface area (Å²) in [6.07, 6.45) is -4.57. The van der Waals surface area contributed by atoms with Crippen molar-refractivity contribution in [2.75, 3.05) is 18.0 Å². The Hall–Kier alpha value is -3.77. The van der Waals surface area contributed by atoms with Gasteiger partial charge in [-0.15, -0.1) is 0 Å². The number of carbonyl (C=O) groups is 1. The first-order valence-electron chi connectivity index (χ1n) is 13.4. The van der Waals surface area contributed by atoms with Crippen molar-refractivity contribution in [3.05, 3.63) is 76.5 Å². The molecule has 41 heavy (non-hydrogen) atoms. The van der Waals surface area contributed by atoms with E-state index >= 15 is 0 Å². The quantitative estimate of drug-likeness (QED) is 0.257. The highest BCUT2D eigenvalue weighted by atomic mass is 32.1. The molecule has 0 radical (unpaired) electrons. The van der Waals surface area contributed by atoms with Crippen molar-refractivity contribution in [2.45, 2.75) is 58.0 Å². The van der Waals surface area contributed by atoms with Gasteiger partial charge >= 0.3 is 12.1 Å². The molecular weight excluding hydrogens is 553 g/mol. The Kier molecular flexibility index (Phi) is 8.14. The number of hydrogen-bond acceptors (Lipinski definition) is 6. The zero-order valence-corrected chi connectivity index (χ0v) is 23.7. The van der Waals surface area contributed by atoms with E-state index in [2.05, 4.69) is 25.1 Å². The van der Waals surface area contributed by atoms with Gasteiger partial charge in [-0.05, 0) is 82.4 Å². The van der Waals surface area contributed by atoms with E-state index in [1.165, 1.54) is 12.1 Å². The van der Waals surface area contributed by atoms with Crippen LogP contribution in [0.4, 0.5) is 18.9 Å². The molecule has 1 amide bonds. The van der Waals surface area contributed by atoms with Crippen molar-refractivity contribution in [3.8, 4) is 5.75 Å².